The molecule has 1 aromatic heterocycles. The fourth-order valence-corrected chi connectivity index (χ4v) is 2.54. The van der Waals surface area contributed by atoms with Gasteiger partial charge in [0.15, 0.2) is 0 Å². The number of rotatable bonds is 3. The smallest absolute Gasteiger partial charge is 0.0515 e. The summed E-state index contributed by atoms with van der Waals surface area (Å²) in [5.41, 5.74) is 4.15. The van der Waals surface area contributed by atoms with Crippen LogP contribution in [0.3, 0.4) is 0 Å². The van der Waals surface area contributed by atoms with Crippen LogP contribution in [0.1, 0.15) is 18.1 Å². The maximum Gasteiger partial charge on any atom is 0.0515 e. The van der Waals surface area contributed by atoms with Gasteiger partial charge in [0.2, 0.25) is 0 Å². The third-order valence-electron chi connectivity index (χ3n) is 3.45. The molecule has 0 saturated heterocycles. The molecule has 0 bridgehead atoms. The zero-order chi connectivity index (χ0) is 12.4. The molecule has 2 aromatic carbocycles. The van der Waals surface area contributed by atoms with Gasteiger partial charge in [-0.25, -0.2) is 0 Å². The van der Waals surface area contributed by atoms with Crippen molar-refractivity contribution in [3.63, 3.8) is 0 Å². The van der Waals surface area contributed by atoms with Gasteiger partial charge >= 0.3 is 0 Å². The molecule has 0 unspecified atom stereocenters. The highest BCUT2D eigenvalue weighted by Gasteiger charge is 2.05. The van der Waals surface area contributed by atoms with Gasteiger partial charge in [0.25, 0.3) is 0 Å². The molecule has 90 valence electrons. The summed E-state index contributed by atoms with van der Waals surface area (Å²) < 4.78 is 2.35. The Hall–Kier alpha value is -2.02. The molecule has 0 saturated carbocycles. The first-order chi connectivity index (χ1) is 8.88. The Kier molecular flexibility index (Phi) is 2.89. The molecule has 0 amide bonds. The minimum atomic E-state index is 0.946. The Labute approximate surface area is 108 Å². The number of aryl methyl sites for hydroxylation is 1. The number of fused-ring (bicyclic) bond motifs is 1. The molecule has 1 heterocycles. The SMILES string of the molecule is CCc1cccc2ccn(Cc3ccccc3)c12. The van der Waals surface area contributed by atoms with Crippen LogP contribution in [0.4, 0.5) is 0 Å². The van der Waals surface area contributed by atoms with E-state index in [-0.39, 0.29) is 0 Å². The first kappa shape index (κ1) is 11.1. The minimum Gasteiger partial charge on any atom is -0.343 e. The van der Waals surface area contributed by atoms with E-state index in [4.69, 9.17) is 0 Å². The van der Waals surface area contributed by atoms with Crippen LogP contribution in [0, 0.1) is 0 Å². The Balaban J connectivity index is 2.07. The minimum absolute atomic E-state index is 0.946. The van der Waals surface area contributed by atoms with Crippen molar-refractivity contribution in [2.75, 3.05) is 0 Å². The van der Waals surface area contributed by atoms with Crippen molar-refractivity contribution in [1.29, 1.82) is 0 Å². The number of hydrogen-bond acceptors (Lipinski definition) is 0. The average Bonchev–Trinajstić information content (AvgIpc) is 2.83. The van der Waals surface area contributed by atoms with Gasteiger partial charge in [-0.15, -0.1) is 0 Å². The molecule has 0 aliphatic rings. The fourth-order valence-electron chi connectivity index (χ4n) is 2.54. The highest BCUT2D eigenvalue weighted by Crippen LogP contribution is 2.21. The van der Waals surface area contributed by atoms with Crippen LogP contribution < -0.4 is 0 Å². The molecular weight excluding hydrogens is 218 g/mol. The van der Waals surface area contributed by atoms with Gasteiger partial charge in [-0.3, -0.25) is 0 Å². The van der Waals surface area contributed by atoms with Crippen LogP contribution in [0.15, 0.2) is 60.8 Å². The molecule has 3 rings (SSSR count). The first-order valence-electron chi connectivity index (χ1n) is 6.49. The highest BCUT2D eigenvalue weighted by atomic mass is 15.0. The van der Waals surface area contributed by atoms with Gasteiger partial charge in [0.05, 0.1) is 5.52 Å². The normalized spacial score (nSPS) is 10.9. The summed E-state index contributed by atoms with van der Waals surface area (Å²) in [7, 11) is 0. The lowest BCUT2D eigenvalue weighted by atomic mass is 10.1. The Morgan fingerprint density at radius 2 is 1.72 bits per heavy atom. The van der Waals surface area contributed by atoms with Crippen LogP contribution >= 0.6 is 0 Å². The Morgan fingerprint density at radius 1 is 0.889 bits per heavy atom. The second-order valence-corrected chi connectivity index (χ2v) is 4.64. The molecule has 0 N–H and O–H groups in total. The van der Waals surface area contributed by atoms with Gasteiger partial charge in [-0.2, -0.15) is 0 Å². The monoisotopic (exact) mass is 235 g/mol. The standard InChI is InChI=1S/C17H17N/c1-2-15-9-6-10-16-11-12-18(17(15)16)13-14-7-4-3-5-8-14/h3-12H,2,13H2,1H3. The summed E-state index contributed by atoms with van der Waals surface area (Å²) in [5.74, 6) is 0. The third-order valence-corrected chi connectivity index (χ3v) is 3.45. The molecule has 0 fully saturated rings. The summed E-state index contributed by atoms with van der Waals surface area (Å²) >= 11 is 0. The maximum atomic E-state index is 2.35. The molecule has 0 aliphatic heterocycles. The molecule has 18 heavy (non-hydrogen) atoms. The lowest BCUT2D eigenvalue weighted by Crippen LogP contribution is -1.99. The lowest BCUT2D eigenvalue weighted by Gasteiger charge is -2.09. The highest BCUT2D eigenvalue weighted by molar-refractivity contribution is 5.83. The van der Waals surface area contributed by atoms with E-state index in [0.29, 0.717) is 0 Å². The molecule has 0 aliphatic carbocycles. The quantitative estimate of drug-likeness (QED) is 0.639. The van der Waals surface area contributed by atoms with E-state index in [2.05, 4.69) is 72.3 Å². The summed E-state index contributed by atoms with van der Waals surface area (Å²) in [6, 6.07) is 19.4. The average molecular weight is 235 g/mol. The van der Waals surface area contributed by atoms with Crippen molar-refractivity contribution in [2.24, 2.45) is 0 Å². The molecule has 3 aromatic rings. The van der Waals surface area contributed by atoms with E-state index in [1.165, 1.54) is 22.0 Å². The largest absolute Gasteiger partial charge is 0.343 e. The van der Waals surface area contributed by atoms with Crippen molar-refractivity contribution >= 4 is 10.9 Å². The van der Waals surface area contributed by atoms with Crippen LogP contribution in [0.25, 0.3) is 10.9 Å². The first-order valence-corrected chi connectivity index (χ1v) is 6.49. The van der Waals surface area contributed by atoms with E-state index in [9.17, 15) is 0 Å². The second-order valence-electron chi connectivity index (χ2n) is 4.64. The molecular formula is C17H17N. The Bertz CT molecular complexity index is 650. The van der Waals surface area contributed by atoms with Gasteiger partial charge in [-0.1, -0.05) is 55.5 Å². The molecule has 1 heteroatoms. The van der Waals surface area contributed by atoms with Gasteiger partial charge in [-0.05, 0) is 29.0 Å². The Morgan fingerprint density at radius 3 is 2.50 bits per heavy atom. The number of aromatic nitrogens is 1. The van der Waals surface area contributed by atoms with E-state index in [0.717, 1.165) is 13.0 Å². The zero-order valence-electron chi connectivity index (χ0n) is 10.6. The lowest BCUT2D eigenvalue weighted by molar-refractivity contribution is 0.831. The second kappa shape index (κ2) is 4.69. The third kappa shape index (κ3) is 1.92. The summed E-state index contributed by atoms with van der Waals surface area (Å²) in [6.45, 7) is 3.16. The van der Waals surface area contributed by atoms with Crippen molar-refractivity contribution < 1.29 is 0 Å². The van der Waals surface area contributed by atoms with E-state index in [1.54, 1.807) is 0 Å². The number of benzene rings is 2. The number of nitrogens with zero attached hydrogens (tertiary/aromatic N) is 1. The van der Waals surface area contributed by atoms with Gasteiger partial charge in [0, 0.05) is 12.7 Å². The predicted molar refractivity (Wildman–Crippen MR) is 76.9 cm³/mol. The maximum absolute atomic E-state index is 2.35. The van der Waals surface area contributed by atoms with Crippen LogP contribution in [0.2, 0.25) is 0 Å². The molecule has 0 radical (unpaired) electrons. The number of hydrogen-bond donors (Lipinski definition) is 0. The number of para-hydroxylation sites is 1. The van der Waals surface area contributed by atoms with Crippen LogP contribution in [-0.2, 0) is 13.0 Å². The van der Waals surface area contributed by atoms with Gasteiger partial charge in [0.1, 0.15) is 0 Å². The van der Waals surface area contributed by atoms with Crippen molar-refractivity contribution in [3.05, 3.63) is 71.9 Å². The van der Waals surface area contributed by atoms with Crippen molar-refractivity contribution in [3.8, 4) is 0 Å². The molecule has 1 nitrogen and oxygen atoms in total. The van der Waals surface area contributed by atoms with E-state index < -0.39 is 0 Å². The topological polar surface area (TPSA) is 4.93 Å². The van der Waals surface area contributed by atoms with Crippen LogP contribution in [-0.4, -0.2) is 4.57 Å². The van der Waals surface area contributed by atoms with Crippen LogP contribution in [0.5, 0.6) is 0 Å². The van der Waals surface area contributed by atoms with Gasteiger partial charge < -0.3 is 4.57 Å². The summed E-state index contributed by atoms with van der Waals surface area (Å²) in [5, 5.41) is 1.34. The zero-order valence-corrected chi connectivity index (χ0v) is 10.6. The molecule has 0 atom stereocenters. The summed E-state index contributed by atoms with van der Waals surface area (Å²) in [6.07, 6.45) is 3.27. The van der Waals surface area contributed by atoms with Crippen molar-refractivity contribution in [2.45, 2.75) is 19.9 Å². The summed E-state index contributed by atoms with van der Waals surface area (Å²) in [4.78, 5) is 0. The van der Waals surface area contributed by atoms with E-state index in [1.807, 2.05) is 0 Å². The van der Waals surface area contributed by atoms with Crippen molar-refractivity contribution in [1.82, 2.24) is 4.57 Å². The fraction of sp³-hybridized carbons (Fsp3) is 0.176. The predicted octanol–water partition coefficient (Wildman–Crippen LogP) is 4.25. The molecule has 0 spiro atoms. The van der Waals surface area contributed by atoms with E-state index >= 15 is 0 Å².